The molecule has 0 unspecified atom stereocenters. The molecule has 1 aliphatic carbocycles. The van der Waals surface area contributed by atoms with Gasteiger partial charge in [-0.05, 0) is 38.5 Å². The molecule has 2 heterocycles. The van der Waals surface area contributed by atoms with Crippen molar-refractivity contribution < 1.29 is 14.4 Å². The molecule has 1 aromatic rings. The Balaban J connectivity index is 1.90. The summed E-state index contributed by atoms with van der Waals surface area (Å²) in [5, 5.41) is 8.29. The second-order valence-electron chi connectivity index (χ2n) is 8.58. The Morgan fingerprint density at radius 3 is 2.39 bits per heavy atom. The van der Waals surface area contributed by atoms with E-state index in [9.17, 15) is 19.2 Å². The van der Waals surface area contributed by atoms with Crippen LogP contribution in [0.5, 0.6) is 0 Å². The second kappa shape index (κ2) is 11.1. The number of aromatic nitrogens is 1. The number of amides is 3. The molecule has 2 aliphatic rings. The monoisotopic (exact) mass is 430 g/mol. The highest BCUT2D eigenvalue weighted by Gasteiger charge is 2.27. The molecule has 1 aliphatic heterocycles. The van der Waals surface area contributed by atoms with Crippen LogP contribution >= 0.6 is 0 Å². The van der Waals surface area contributed by atoms with Crippen LogP contribution in [0.4, 0.5) is 0 Å². The van der Waals surface area contributed by atoms with Gasteiger partial charge < -0.3 is 20.5 Å². The molecule has 0 bridgehead atoms. The standard InChI is InChI=1S/C23H34N4O4/c1-2-3-12-24-21(29)17-14-27(16-9-5-4-6-10-16)15-18(20(17)28)22(30)26-19-11-7-8-13-25-23(19)31/h14-16,19H,2-13H2,1H3,(H,24,29)(H,25,31)(H,26,30)/t19-/m0/s1. The lowest BCUT2D eigenvalue weighted by atomic mass is 9.95. The third-order valence-corrected chi connectivity index (χ3v) is 6.19. The van der Waals surface area contributed by atoms with Gasteiger partial charge in [0.2, 0.25) is 11.3 Å². The lowest BCUT2D eigenvalue weighted by Gasteiger charge is -2.26. The van der Waals surface area contributed by atoms with Crippen LogP contribution in [0.15, 0.2) is 17.2 Å². The molecule has 3 rings (SSSR count). The Bertz CT molecular complexity index is 858. The van der Waals surface area contributed by atoms with Crippen LogP contribution < -0.4 is 21.4 Å². The Kier molecular flexibility index (Phi) is 8.26. The first-order valence-corrected chi connectivity index (χ1v) is 11.6. The smallest absolute Gasteiger partial charge is 0.257 e. The van der Waals surface area contributed by atoms with Gasteiger partial charge in [0, 0.05) is 31.5 Å². The Labute approximate surface area is 183 Å². The summed E-state index contributed by atoms with van der Waals surface area (Å²) < 4.78 is 1.86. The van der Waals surface area contributed by atoms with E-state index in [-0.39, 0.29) is 23.1 Å². The van der Waals surface area contributed by atoms with Crippen molar-refractivity contribution in [1.29, 1.82) is 0 Å². The average molecular weight is 431 g/mol. The van der Waals surface area contributed by atoms with Crippen molar-refractivity contribution in [1.82, 2.24) is 20.5 Å². The van der Waals surface area contributed by atoms with Crippen LogP contribution in [0.3, 0.4) is 0 Å². The van der Waals surface area contributed by atoms with Gasteiger partial charge in [-0.15, -0.1) is 0 Å². The zero-order valence-electron chi connectivity index (χ0n) is 18.4. The molecule has 0 aromatic carbocycles. The molecule has 31 heavy (non-hydrogen) atoms. The van der Waals surface area contributed by atoms with Gasteiger partial charge >= 0.3 is 0 Å². The number of unbranched alkanes of at least 4 members (excludes halogenated alkanes) is 1. The van der Waals surface area contributed by atoms with Crippen molar-refractivity contribution >= 4 is 17.7 Å². The number of rotatable bonds is 7. The van der Waals surface area contributed by atoms with E-state index in [4.69, 9.17) is 0 Å². The maximum atomic E-state index is 13.1. The zero-order valence-corrected chi connectivity index (χ0v) is 18.4. The summed E-state index contributed by atoms with van der Waals surface area (Å²) in [7, 11) is 0. The fraction of sp³-hybridized carbons (Fsp3) is 0.652. The van der Waals surface area contributed by atoms with Crippen LogP contribution in [-0.4, -0.2) is 41.4 Å². The van der Waals surface area contributed by atoms with Crippen LogP contribution in [0, 0.1) is 0 Å². The van der Waals surface area contributed by atoms with Crippen molar-refractivity contribution in [3.8, 4) is 0 Å². The summed E-state index contributed by atoms with van der Waals surface area (Å²) in [5.41, 5.74) is -0.682. The lowest BCUT2D eigenvalue weighted by Crippen LogP contribution is -2.47. The first-order chi connectivity index (χ1) is 15.0. The molecular formula is C23H34N4O4. The normalized spacial score (nSPS) is 19.9. The fourth-order valence-corrected chi connectivity index (χ4v) is 4.30. The van der Waals surface area contributed by atoms with E-state index in [1.807, 2.05) is 11.5 Å². The van der Waals surface area contributed by atoms with Crippen molar-refractivity contribution in [2.75, 3.05) is 13.1 Å². The minimum atomic E-state index is -0.667. The molecular weight excluding hydrogens is 396 g/mol. The fourth-order valence-electron chi connectivity index (χ4n) is 4.30. The maximum Gasteiger partial charge on any atom is 0.257 e. The SMILES string of the molecule is CCCCNC(=O)c1cn(C2CCCCC2)cc(C(=O)N[C@H]2CCCCNC2=O)c1=O. The highest BCUT2D eigenvalue weighted by Crippen LogP contribution is 2.28. The molecule has 1 saturated carbocycles. The van der Waals surface area contributed by atoms with Gasteiger partial charge in [-0.1, -0.05) is 32.6 Å². The van der Waals surface area contributed by atoms with Gasteiger partial charge in [0.25, 0.3) is 11.8 Å². The second-order valence-corrected chi connectivity index (χ2v) is 8.58. The van der Waals surface area contributed by atoms with Crippen molar-refractivity contribution in [3.63, 3.8) is 0 Å². The van der Waals surface area contributed by atoms with Gasteiger partial charge in [-0.25, -0.2) is 0 Å². The first kappa shape index (κ1) is 23.0. The Morgan fingerprint density at radius 2 is 1.68 bits per heavy atom. The van der Waals surface area contributed by atoms with Crippen molar-refractivity contribution in [2.24, 2.45) is 0 Å². The zero-order chi connectivity index (χ0) is 22.2. The lowest BCUT2D eigenvalue weighted by molar-refractivity contribution is -0.122. The van der Waals surface area contributed by atoms with Gasteiger partial charge in [-0.3, -0.25) is 19.2 Å². The first-order valence-electron chi connectivity index (χ1n) is 11.6. The highest BCUT2D eigenvalue weighted by molar-refractivity contribution is 6.00. The predicted octanol–water partition coefficient (Wildman–Crippen LogP) is 2.28. The van der Waals surface area contributed by atoms with E-state index in [0.717, 1.165) is 51.4 Å². The van der Waals surface area contributed by atoms with E-state index in [2.05, 4.69) is 16.0 Å². The van der Waals surface area contributed by atoms with Gasteiger partial charge in [0.1, 0.15) is 17.2 Å². The minimum absolute atomic E-state index is 0.0142. The Morgan fingerprint density at radius 1 is 1.00 bits per heavy atom. The van der Waals surface area contributed by atoms with E-state index in [1.165, 1.54) is 6.42 Å². The van der Waals surface area contributed by atoms with Crippen molar-refractivity contribution in [2.45, 2.75) is 83.2 Å². The third-order valence-electron chi connectivity index (χ3n) is 6.19. The third kappa shape index (κ3) is 5.95. The summed E-state index contributed by atoms with van der Waals surface area (Å²) in [6.45, 7) is 3.10. The van der Waals surface area contributed by atoms with Crippen LogP contribution in [-0.2, 0) is 4.79 Å². The summed E-state index contributed by atoms with van der Waals surface area (Å²) in [6, 6.07) is -0.510. The van der Waals surface area contributed by atoms with Gasteiger partial charge in [0.05, 0.1) is 0 Å². The summed E-state index contributed by atoms with van der Waals surface area (Å²) >= 11 is 0. The number of pyridine rings is 1. The van der Waals surface area contributed by atoms with Crippen LogP contribution in [0.2, 0.25) is 0 Å². The predicted molar refractivity (Wildman–Crippen MR) is 118 cm³/mol. The number of nitrogens with one attached hydrogen (secondary N) is 3. The average Bonchev–Trinajstić information content (AvgIpc) is 2.98. The molecule has 8 nitrogen and oxygen atoms in total. The molecule has 8 heteroatoms. The maximum absolute atomic E-state index is 13.1. The minimum Gasteiger partial charge on any atom is -0.354 e. The number of carbonyl (C=O) groups is 3. The van der Waals surface area contributed by atoms with E-state index in [1.54, 1.807) is 12.4 Å². The molecule has 1 atom stereocenters. The molecule has 3 amide bonds. The molecule has 0 spiro atoms. The molecule has 170 valence electrons. The molecule has 3 N–H and O–H groups in total. The van der Waals surface area contributed by atoms with Gasteiger partial charge in [-0.2, -0.15) is 0 Å². The van der Waals surface area contributed by atoms with Crippen molar-refractivity contribution in [3.05, 3.63) is 33.7 Å². The highest BCUT2D eigenvalue weighted by atomic mass is 16.2. The Hall–Kier alpha value is -2.64. The van der Waals surface area contributed by atoms with Gasteiger partial charge in [0.15, 0.2) is 0 Å². The number of hydrogen-bond donors (Lipinski definition) is 3. The van der Waals surface area contributed by atoms with E-state index in [0.29, 0.717) is 19.5 Å². The molecule has 2 fully saturated rings. The topological polar surface area (TPSA) is 109 Å². The molecule has 0 radical (unpaired) electrons. The molecule has 1 aromatic heterocycles. The number of nitrogens with zero attached hydrogens (tertiary/aromatic N) is 1. The largest absolute Gasteiger partial charge is 0.354 e. The number of carbonyl (C=O) groups excluding carboxylic acids is 3. The summed E-state index contributed by atoms with van der Waals surface area (Å²) in [5.74, 6) is -1.28. The summed E-state index contributed by atoms with van der Waals surface area (Å²) in [6.07, 6.45) is 12.3. The summed E-state index contributed by atoms with van der Waals surface area (Å²) in [4.78, 5) is 51.0. The van der Waals surface area contributed by atoms with Crippen LogP contribution in [0.1, 0.15) is 97.9 Å². The van der Waals surface area contributed by atoms with E-state index < -0.39 is 23.3 Å². The molecule has 1 saturated heterocycles. The quantitative estimate of drug-likeness (QED) is 0.577. The number of hydrogen-bond acceptors (Lipinski definition) is 4. The van der Waals surface area contributed by atoms with E-state index >= 15 is 0 Å². The van der Waals surface area contributed by atoms with Crippen LogP contribution in [0.25, 0.3) is 0 Å².